The molecule has 0 aliphatic rings. The van der Waals surface area contributed by atoms with Crippen LogP contribution in [0.2, 0.25) is 0 Å². The molecule has 0 aromatic rings. The average molecular weight is 159 g/mol. The standard InChI is InChI=1S/C8H17NO2/c1-3-4-9-6-7(2)5-8(10)11/h7,9H,3-6H2,1-2H3,(H,10,11). The van der Waals surface area contributed by atoms with Crippen LogP contribution in [0.5, 0.6) is 0 Å². The van der Waals surface area contributed by atoms with Gasteiger partial charge in [0, 0.05) is 6.42 Å². The summed E-state index contributed by atoms with van der Waals surface area (Å²) in [7, 11) is 0. The second-order valence-electron chi connectivity index (χ2n) is 2.91. The van der Waals surface area contributed by atoms with Crippen LogP contribution in [0.3, 0.4) is 0 Å². The zero-order chi connectivity index (χ0) is 8.69. The molecule has 1 unspecified atom stereocenters. The molecule has 0 fully saturated rings. The summed E-state index contributed by atoms with van der Waals surface area (Å²) in [5, 5.41) is 11.6. The van der Waals surface area contributed by atoms with Crippen molar-refractivity contribution in [2.75, 3.05) is 13.1 Å². The summed E-state index contributed by atoms with van der Waals surface area (Å²) in [6.45, 7) is 5.82. The van der Waals surface area contributed by atoms with Crippen LogP contribution in [0.4, 0.5) is 0 Å². The van der Waals surface area contributed by atoms with Gasteiger partial charge in [-0.15, -0.1) is 0 Å². The maximum Gasteiger partial charge on any atom is 0.303 e. The molecule has 0 spiro atoms. The van der Waals surface area contributed by atoms with E-state index in [0.29, 0.717) is 0 Å². The Labute approximate surface area is 67.8 Å². The molecule has 0 aromatic carbocycles. The van der Waals surface area contributed by atoms with Crippen LogP contribution in [-0.4, -0.2) is 24.2 Å². The second-order valence-corrected chi connectivity index (χ2v) is 2.91. The van der Waals surface area contributed by atoms with E-state index < -0.39 is 5.97 Å². The van der Waals surface area contributed by atoms with Gasteiger partial charge < -0.3 is 10.4 Å². The number of carboxylic acid groups (broad SMARTS) is 1. The van der Waals surface area contributed by atoms with Crippen molar-refractivity contribution in [2.24, 2.45) is 5.92 Å². The van der Waals surface area contributed by atoms with Gasteiger partial charge in [-0.2, -0.15) is 0 Å². The molecule has 3 heteroatoms. The van der Waals surface area contributed by atoms with E-state index in [1.54, 1.807) is 0 Å². The predicted octanol–water partition coefficient (Wildman–Crippen LogP) is 1.10. The van der Waals surface area contributed by atoms with Crippen LogP contribution in [0.1, 0.15) is 26.7 Å². The first-order chi connectivity index (χ1) is 5.16. The second kappa shape index (κ2) is 6.16. The molecular weight excluding hydrogens is 142 g/mol. The van der Waals surface area contributed by atoms with Gasteiger partial charge in [-0.1, -0.05) is 13.8 Å². The van der Waals surface area contributed by atoms with Crippen LogP contribution < -0.4 is 5.32 Å². The van der Waals surface area contributed by atoms with Crippen LogP contribution in [0, 0.1) is 5.92 Å². The third-order valence-electron chi connectivity index (χ3n) is 1.44. The third kappa shape index (κ3) is 7.33. The van der Waals surface area contributed by atoms with E-state index in [4.69, 9.17) is 5.11 Å². The molecule has 0 aromatic heterocycles. The first-order valence-electron chi connectivity index (χ1n) is 4.09. The Morgan fingerprint density at radius 1 is 1.64 bits per heavy atom. The van der Waals surface area contributed by atoms with Gasteiger partial charge in [0.25, 0.3) is 0 Å². The highest BCUT2D eigenvalue weighted by molar-refractivity contribution is 5.66. The SMILES string of the molecule is CCCNCC(C)CC(=O)O. The van der Waals surface area contributed by atoms with Crippen molar-refractivity contribution in [1.29, 1.82) is 0 Å². The van der Waals surface area contributed by atoms with Crippen LogP contribution in [-0.2, 0) is 4.79 Å². The zero-order valence-electron chi connectivity index (χ0n) is 7.26. The van der Waals surface area contributed by atoms with Crippen LogP contribution in [0.25, 0.3) is 0 Å². The lowest BCUT2D eigenvalue weighted by Gasteiger charge is -2.08. The third-order valence-corrected chi connectivity index (χ3v) is 1.44. The highest BCUT2D eigenvalue weighted by Gasteiger charge is 2.05. The molecule has 0 rings (SSSR count). The number of carboxylic acids is 1. The summed E-state index contributed by atoms with van der Waals surface area (Å²) in [6.07, 6.45) is 1.36. The van der Waals surface area contributed by atoms with Crippen molar-refractivity contribution in [3.8, 4) is 0 Å². The largest absolute Gasteiger partial charge is 0.481 e. The molecule has 0 aliphatic carbocycles. The van der Waals surface area contributed by atoms with Gasteiger partial charge in [0.05, 0.1) is 0 Å². The Morgan fingerprint density at radius 3 is 2.73 bits per heavy atom. The number of rotatable bonds is 6. The van der Waals surface area contributed by atoms with Gasteiger partial charge in [0.1, 0.15) is 0 Å². The van der Waals surface area contributed by atoms with E-state index in [1.165, 1.54) is 0 Å². The number of aliphatic carboxylic acids is 1. The van der Waals surface area contributed by atoms with Gasteiger partial charge in [-0.05, 0) is 25.4 Å². The molecular formula is C8H17NO2. The Bertz CT molecular complexity index is 115. The summed E-state index contributed by atoms with van der Waals surface area (Å²) < 4.78 is 0. The molecule has 0 saturated heterocycles. The minimum Gasteiger partial charge on any atom is -0.481 e. The number of carbonyl (C=O) groups is 1. The molecule has 0 heterocycles. The number of nitrogens with one attached hydrogen (secondary N) is 1. The van der Waals surface area contributed by atoms with Gasteiger partial charge >= 0.3 is 5.97 Å². The molecule has 11 heavy (non-hydrogen) atoms. The summed E-state index contributed by atoms with van der Waals surface area (Å²) in [4.78, 5) is 10.2. The molecule has 3 nitrogen and oxygen atoms in total. The summed E-state index contributed by atoms with van der Waals surface area (Å²) in [6, 6.07) is 0. The lowest BCUT2D eigenvalue weighted by atomic mass is 10.1. The summed E-state index contributed by atoms with van der Waals surface area (Å²) >= 11 is 0. The quantitative estimate of drug-likeness (QED) is 0.570. The van der Waals surface area contributed by atoms with E-state index >= 15 is 0 Å². The molecule has 0 saturated carbocycles. The predicted molar refractivity (Wildman–Crippen MR) is 44.6 cm³/mol. The van der Waals surface area contributed by atoms with E-state index in [0.717, 1.165) is 19.5 Å². The van der Waals surface area contributed by atoms with E-state index in [2.05, 4.69) is 12.2 Å². The maximum absolute atomic E-state index is 10.2. The Morgan fingerprint density at radius 2 is 2.27 bits per heavy atom. The minimum atomic E-state index is -0.712. The monoisotopic (exact) mass is 159 g/mol. The van der Waals surface area contributed by atoms with E-state index in [1.807, 2.05) is 6.92 Å². The van der Waals surface area contributed by atoms with Gasteiger partial charge in [-0.3, -0.25) is 4.79 Å². The molecule has 0 radical (unpaired) electrons. The van der Waals surface area contributed by atoms with Crippen LogP contribution >= 0.6 is 0 Å². The minimum absolute atomic E-state index is 0.235. The van der Waals surface area contributed by atoms with E-state index in [9.17, 15) is 4.79 Å². The Hall–Kier alpha value is -0.570. The van der Waals surface area contributed by atoms with Gasteiger partial charge in [-0.25, -0.2) is 0 Å². The van der Waals surface area contributed by atoms with Gasteiger partial charge in [0.15, 0.2) is 0 Å². The highest BCUT2D eigenvalue weighted by atomic mass is 16.4. The van der Waals surface area contributed by atoms with Crippen molar-refractivity contribution in [3.05, 3.63) is 0 Å². The fourth-order valence-corrected chi connectivity index (χ4v) is 0.896. The lowest BCUT2D eigenvalue weighted by Crippen LogP contribution is -2.23. The first kappa shape index (κ1) is 10.4. The number of hydrogen-bond acceptors (Lipinski definition) is 2. The Balaban J connectivity index is 3.22. The van der Waals surface area contributed by atoms with Crippen molar-refractivity contribution in [2.45, 2.75) is 26.7 Å². The molecule has 66 valence electrons. The molecule has 0 amide bonds. The average Bonchev–Trinajstić information content (AvgIpc) is 1.86. The topological polar surface area (TPSA) is 49.3 Å². The van der Waals surface area contributed by atoms with Crippen LogP contribution in [0.15, 0.2) is 0 Å². The fraction of sp³-hybridized carbons (Fsp3) is 0.875. The van der Waals surface area contributed by atoms with E-state index in [-0.39, 0.29) is 12.3 Å². The lowest BCUT2D eigenvalue weighted by molar-refractivity contribution is -0.137. The molecule has 0 aliphatic heterocycles. The fourth-order valence-electron chi connectivity index (χ4n) is 0.896. The number of hydrogen-bond donors (Lipinski definition) is 2. The maximum atomic E-state index is 10.2. The van der Waals surface area contributed by atoms with Gasteiger partial charge in [0.2, 0.25) is 0 Å². The van der Waals surface area contributed by atoms with Crippen molar-refractivity contribution >= 4 is 5.97 Å². The van der Waals surface area contributed by atoms with Crippen molar-refractivity contribution < 1.29 is 9.90 Å². The summed E-state index contributed by atoms with van der Waals surface area (Å²) in [5.41, 5.74) is 0. The van der Waals surface area contributed by atoms with Crippen molar-refractivity contribution in [3.63, 3.8) is 0 Å². The molecule has 2 N–H and O–H groups in total. The van der Waals surface area contributed by atoms with Crippen molar-refractivity contribution in [1.82, 2.24) is 5.32 Å². The Kier molecular flexibility index (Phi) is 5.84. The zero-order valence-corrected chi connectivity index (χ0v) is 7.26. The molecule has 0 bridgehead atoms. The smallest absolute Gasteiger partial charge is 0.303 e. The summed E-state index contributed by atoms with van der Waals surface area (Å²) in [5.74, 6) is -0.477. The molecule has 1 atom stereocenters. The normalized spacial score (nSPS) is 12.9. The first-order valence-corrected chi connectivity index (χ1v) is 4.09. The highest BCUT2D eigenvalue weighted by Crippen LogP contribution is 1.98.